The van der Waals surface area contributed by atoms with E-state index >= 15 is 0 Å². The Hall–Kier alpha value is -3.21. The monoisotopic (exact) mass is 362 g/mol. The van der Waals surface area contributed by atoms with Crippen molar-refractivity contribution in [3.63, 3.8) is 0 Å². The molecule has 0 radical (unpaired) electrons. The van der Waals surface area contributed by atoms with Crippen molar-refractivity contribution in [3.8, 4) is 0 Å². The molecule has 0 aliphatic heterocycles. The maximum atomic E-state index is 12.7. The molecule has 3 aromatic rings. The molecule has 3 rings (SSSR count). The van der Waals surface area contributed by atoms with Crippen LogP contribution in [0, 0.1) is 13.8 Å². The molecule has 0 fully saturated rings. The molecule has 0 aliphatic rings. The molecule has 0 aliphatic carbocycles. The number of pyridine rings is 1. The molecule has 1 atom stereocenters. The van der Waals surface area contributed by atoms with E-state index in [4.69, 9.17) is 4.74 Å². The van der Waals surface area contributed by atoms with Gasteiger partial charge in [-0.15, -0.1) is 0 Å². The van der Waals surface area contributed by atoms with Gasteiger partial charge in [0.25, 0.3) is 5.91 Å². The van der Waals surface area contributed by atoms with Crippen LogP contribution in [-0.2, 0) is 16.1 Å². The number of nitrogens with one attached hydrogen (secondary N) is 1. The number of ether oxygens (including phenoxy) is 1. The van der Waals surface area contributed by atoms with Crippen LogP contribution in [0.5, 0.6) is 0 Å². The highest BCUT2D eigenvalue weighted by molar-refractivity contribution is 5.99. The van der Waals surface area contributed by atoms with Crippen molar-refractivity contribution in [2.45, 2.75) is 33.4 Å². The lowest BCUT2D eigenvalue weighted by Crippen LogP contribution is -2.35. The van der Waals surface area contributed by atoms with E-state index in [9.17, 15) is 9.59 Å². The van der Waals surface area contributed by atoms with Gasteiger partial charge < -0.3 is 10.1 Å². The number of amides is 1. The molecular formula is C22H22N2O3. The first kappa shape index (κ1) is 18.6. The van der Waals surface area contributed by atoms with E-state index in [-0.39, 0.29) is 5.91 Å². The molecule has 27 heavy (non-hydrogen) atoms. The Morgan fingerprint density at radius 3 is 2.44 bits per heavy atom. The average Bonchev–Trinajstić information content (AvgIpc) is 2.66. The molecule has 5 nitrogen and oxygen atoms in total. The van der Waals surface area contributed by atoms with Gasteiger partial charge in [-0.25, -0.2) is 4.79 Å². The van der Waals surface area contributed by atoms with Crippen LogP contribution >= 0.6 is 0 Å². The van der Waals surface area contributed by atoms with Gasteiger partial charge >= 0.3 is 5.97 Å². The smallest absolute Gasteiger partial charge is 0.341 e. The van der Waals surface area contributed by atoms with E-state index in [0.29, 0.717) is 17.8 Å². The number of aromatic nitrogens is 1. The number of nitrogens with zero attached hydrogens (tertiary/aromatic N) is 1. The second kappa shape index (κ2) is 7.99. The van der Waals surface area contributed by atoms with Crippen LogP contribution in [0.3, 0.4) is 0 Å². The minimum absolute atomic E-state index is 0.337. The van der Waals surface area contributed by atoms with Crippen molar-refractivity contribution >= 4 is 22.8 Å². The Labute approximate surface area is 158 Å². The summed E-state index contributed by atoms with van der Waals surface area (Å²) in [5, 5.41) is 3.68. The first-order valence-electron chi connectivity index (χ1n) is 8.86. The van der Waals surface area contributed by atoms with Gasteiger partial charge in [-0.1, -0.05) is 48.5 Å². The molecule has 0 bridgehead atoms. The SMILES string of the molecule is Cc1nc2ccccc2c(C)c1C(=O)O[C@H](C)C(=O)NCc1ccccc1. The maximum Gasteiger partial charge on any atom is 0.341 e. The molecule has 1 amide bonds. The van der Waals surface area contributed by atoms with Gasteiger partial charge in [0.1, 0.15) is 0 Å². The second-order valence-corrected chi connectivity index (χ2v) is 6.47. The topological polar surface area (TPSA) is 68.3 Å². The zero-order chi connectivity index (χ0) is 19.4. The summed E-state index contributed by atoms with van der Waals surface area (Å²) in [5.41, 5.74) is 3.62. The third-order valence-electron chi connectivity index (χ3n) is 4.50. The van der Waals surface area contributed by atoms with Gasteiger partial charge in [0.05, 0.1) is 16.8 Å². The number of para-hydroxylation sites is 1. The summed E-state index contributed by atoms with van der Waals surface area (Å²) in [4.78, 5) is 29.4. The lowest BCUT2D eigenvalue weighted by molar-refractivity contribution is -0.129. The molecule has 0 saturated heterocycles. The molecule has 1 N–H and O–H groups in total. The molecule has 1 heterocycles. The summed E-state index contributed by atoms with van der Waals surface area (Å²) in [7, 11) is 0. The van der Waals surface area contributed by atoms with Crippen molar-refractivity contribution < 1.29 is 14.3 Å². The van der Waals surface area contributed by atoms with Crippen LogP contribution < -0.4 is 5.32 Å². The lowest BCUT2D eigenvalue weighted by atomic mass is 10.0. The van der Waals surface area contributed by atoms with Gasteiger partial charge in [0.2, 0.25) is 0 Å². The molecule has 2 aromatic carbocycles. The van der Waals surface area contributed by atoms with E-state index in [2.05, 4.69) is 10.3 Å². The van der Waals surface area contributed by atoms with E-state index in [1.54, 1.807) is 13.8 Å². The van der Waals surface area contributed by atoms with Crippen molar-refractivity contribution in [1.82, 2.24) is 10.3 Å². The fourth-order valence-corrected chi connectivity index (χ4v) is 3.03. The van der Waals surface area contributed by atoms with Crippen molar-refractivity contribution in [2.75, 3.05) is 0 Å². The predicted molar refractivity (Wildman–Crippen MR) is 104 cm³/mol. The largest absolute Gasteiger partial charge is 0.449 e. The number of esters is 1. The fourth-order valence-electron chi connectivity index (χ4n) is 3.03. The van der Waals surface area contributed by atoms with E-state index in [1.165, 1.54) is 0 Å². The zero-order valence-corrected chi connectivity index (χ0v) is 15.7. The minimum atomic E-state index is -0.897. The second-order valence-electron chi connectivity index (χ2n) is 6.47. The molecule has 0 unspecified atom stereocenters. The van der Waals surface area contributed by atoms with Crippen molar-refractivity contribution in [3.05, 3.63) is 77.0 Å². The van der Waals surface area contributed by atoms with Crippen LogP contribution in [0.1, 0.15) is 34.1 Å². The Kier molecular flexibility index (Phi) is 5.50. The first-order chi connectivity index (χ1) is 13.0. The Balaban J connectivity index is 1.71. The van der Waals surface area contributed by atoms with Crippen LogP contribution in [0.15, 0.2) is 54.6 Å². The normalized spacial score (nSPS) is 11.8. The van der Waals surface area contributed by atoms with Crippen LogP contribution in [0.2, 0.25) is 0 Å². The van der Waals surface area contributed by atoms with Gasteiger partial charge in [-0.05, 0) is 38.0 Å². The number of hydrogen-bond acceptors (Lipinski definition) is 4. The highest BCUT2D eigenvalue weighted by atomic mass is 16.5. The van der Waals surface area contributed by atoms with Crippen LogP contribution in [0.25, 0.3) is 10.9 Å². The third kappa shape index (κ3) is 4.14. The van der Waals surface area contributed by atoms with E-state index in [0.717, 1.165) is 22.0 Å². The number of carbonyl (C=O) groups is 2. The third-order valence-corrected chi connectivity index (χ3v) is 4.50. The van der Waals surface area contributed by atoms with Gasteiger partial charge in [0, 0.05) is 11.9 Å². The average molecular weight is 362 g/mol. The molecule has 138 valence electrons. The summed E-state index contributed by atoms with van der Waals surface area (Å²) in [6, 6.07) is 17.2. The molecule has 1 aromatic heterocycles. The van der Waals surface area contributed by atoms with Crippen molar-refractivity contribution in [2.24, 2.45) is 0 Å². The number of hydrogen-bond donors (Lipinski definition) is 1. The quantitative estimate of drug-likeness (QED) is 0.703. The summed E-state index contributed by atoms with van der Waals surface area (Å²) in [6.45, 7) is 5.60. The predicted octanol–water partition coefficient (Wildman–Crippen LogP) is 3.71. The standard InChI is InChI=1S/C22H22N2O3/c1-14-18-11-7-8-12-19(18)24-15(2)20(14)22(26)27-16(3)21(25)23-13-17-9-5-4-6-10-17/h4-12,16H,13H2,1-3H3,(H,23,25)/t16-/m1/s1. The van der Waals surface area contributed by atoms with Gasteiger partial charge in [-0.2, -0.15) is 0 Å². The number of carbonyl (C=O) groups excluding carboxylic acids is 2. The summed E-state index contributed by atoms with van der Waals surface area (Å²) in [6.07, 6.45) is -0.897. The number of fused-ring (bicyclic) bond motifs is 1. The Morgan fingerprint density at radius 1 is 1.04 bits per heavy atom. The number of rotatable bonds is 5. The summed E-state index contributed by atoms with van der Waals surface area (Å²) >= 11 is 0. The van der Waals surface area contributed by atoms with E-state index < -0.39 is 12.1 Å². The zero-order valence-electron chi connectivity index (χ0n) is 15.7. The summed E-state index contributed by atoms with van der Waals surface area (Å²) < 4.78 is 5.41. The number of benzene rings is 2. The Morgan fingerprint density at radius 2 is 1.70 bits per heavy atom. The van der Waals surface area contributed by atoms with Crippen LogP contribution in [0.4, 0.5) is 0 Å². The highest BCUT2D eigenvalue weighted by Gasteiger charge is 2.23. The molecule has 0 saturated carbocycles. The lowest BCUT2D eigenvalue weighted by Gasteiger charge is -2.16. The van der Waals surface area contributed by atoms with Gasteiger partial charge in [0.15, 0.2) is 6.10 Å². The molecular weight excluding hydrogens is 340 g/mol. The minimum Gasteiger partial charge on any atom is -0.449 e. The molecule has 5 heteroatoms. The van der Waals surface area contributed by atoms with Crippen molar-refractivity contribution in [1.29, 1.82) is 0 Å². The maximum absolute atomic E-state index is 12.7. The molecule has 0 spiro atoms. The van der Waals surface area contributed by atoms with Crippen LogP contribution in [-0.4, -0.2) is 23.0 Å². The fraction of sp³-hybridized carbons (Fsp3) is 0.227. The first-order valence-corrected chi connectivity index (χ1v) is 8.86. The van der Waals surface area contributed by atoms with Gasteiger partial charge in [-0.3, -0.25) is 9.78 Å². The Bertz CT molecular complexity index is 984. The highest BCUT2D eigenvalue weighted by Crippen LogP contribution is 2.23. The number of aryl methyl sites for hydroxylation is 2. The van der Waals surface area contributed by atoms with E-state index in [1.807, 2.05) is 61.5 Å². The summed E-state index contributed by atoms with van der Waals surface area (Å²) in [5.74, 6) is -0.873.